The van der Waals surface area contributed by atoms with E-state index in [0.29, 0.717) is 16.7 Å². The molecule has 8 heteroatoms. The van der Waals surface area contributed by atoms with Crippen molar-refractivity contribution in [3.8, 4) is 17.3 Å². The molecule has 29 heavy (non-hydrogen) atoms. The quantitative estimate of drug-likeness (QED) is 0.468. The third kappa shape index (κ3) is 4.22. The summed E-state index contributed by atoms with van der Waals surface area (Å²) in [4.78, 5) is 12.3. The number of furan rings is 1. The van der Waals surface area contributed by atoms with Crippen molar-refractivity contribution in [3.05, 3.63) is 78.3 Å². The van der Waals surface area contributed by atoms with E-state index in [4.69, 9.17) is 4.42 Å². The van der Waals surface area contributed by atoms with Gasteiger partial charge in [-0.05, 0) is 43.3 Å². The Morgan fingerprint density at radius 1 is 1.10 bits per heavy atom. The Hall–Kier alpha value is -3.39. The standard InChI is InChI=1S/C21H17FN4O2S/c1-14-8-10-15(11-9-14)26-20(18-7-4-12-28-18)24-25-21(26)29-13-19(27)23-17-6-3-2-5-16(17)22/h2-12H,13H2,1H3,(H,23,27). The number of hydrogen-bond donors (Lipinski definition) is 1. The number of carbonyl (C=O) groups excluding carboxylic acids is 1. The molecule has 6 nitrogen and oxygen atoms in total. The van der Waals surface area contributed by atoms with Crippen molar-refractivity contribution in [1.29, 1.82) is 0 Å². The molecular formula is C21H17FN4O2S. The van der Waals surface area contributed by atoms with Gasteiger partial charge in [-0.2, -0.15) is 0 Å². The van der Waals surface area contributed by atoms with Crippen LogP contribution in [0.3, 0.4) is 0 Å². The van der Waals surface area contributed by atoms with Crippen LogP contribution < -0.4 is 5.32 Å². The molecule has 0 saturated heterocycles. The molecule has 1 N–H and O–H groups in total. The van der Waals surface area contributed by atoms with Gasteiger partial charge in [0.1, 0.15) is 5.82 Å². The zero-order valence-electron chi connectivity index (χ0n) is 15.5. The van der Waals surface area contributed by atoms with Gasteiger partial charge in [0.2, 0.25) is 11.7 Å². The minimum absolute atomic E-state index is 0.0521. The molecule has 1 amide bonds. The third-order valence-corrected chi connectivity index (χ3v) is 5.08. The lowest BCUT2D eigenvalue weighted by atomic mass is 10.2. The number of hydrogen-bond acceptors (Lipinski definition) is 5. The Labute approximate surface area is 170 Å². The van der Waals surface area contributed by atoms with E-state index in [9.17, 15) is 9.18 Å². The highest BCUT2D eigenvalue weighted by Crippen LogP contribution is 2.28. The molecule has 0 radical (unpaired) electrons. The molecule has 146 valence electrons. The van der Waals surface area contributed by atoms with Crippen molar-refractivity contribution in [2.24, 2.45) is 0 Å². The molecule has 0 spiro atoms. The maximum atomic E-state index is 13.7. The molecular weight excluding hydrogens is 391 g/mol. The first-order chi connectivity index (χ1) is 14.1. The van der Waals surface area contributed by atoms with Gasteiger partial charge in [0, 0.05) is 5.69 Å². The fourth-order valence-electron chi connectivity index (χ4n) is 2.73. The monoisotopic (exact) mass is 408 g/mol. The van der Waals surface area contributed by atoms with Crippen LogP contribution in [-0.2, 0) is 4.79 Å². The fourth-order valence-corrected chi connectivity index (χ4v) is 3.49. The van der Waals surface area contributed by atoms with Crippen LogP contribution in [0.15, 0.2) is 76.5 Å². The molecule has 0 fully saturated rings. The average molecular weight is 408 g/mol. The number of benzene rings is 2. The Balaban J connectivity index is 1.58. The number of rotatable bonds is 6. The van der Waals surface area contributed by atoms with E-state index >= 15 is 0 Å². The van der Waals surface area contributed by atoms with Gasteiger partial charge in [0.25, 0.3) is 0 Å². The van der Waals surface area contributed by atoms with Gasteiger partial charge in [-0.3, -0.25) is 9.36 Å². The molecule has 0 aliphatic rings. The SMILES string of the molecule is Cc1ccc(-n2c(SCC(=O)Nc3ccccc3F)nnc2-c2ccco2)cc1. The van der Waals surface area contributed by atoms with Crippen LogP contribution in [0.25, 0.3) is 17.3 Å². The largest absolute Gasteiger partial charge is 0.461 e. The van der Waals surface area contributed by atoms with Crippen LogP contribution in [0, 0.1) is 12.7 Å². The van der Waals surface area contributed by atoms with Gasteiger partial charge in [-0.25, -0.2) is 4.39 Å². The maximum Gasteiger partial charge on any atom is 0.234 e. The van der Waals surface area contributed by atoms with Crippen molar-refractivity contribution in [1.82, 2.24) is 14.8 Å². The number of nitrogens with one attached hydrogen (secondary N) is 1. The summed E-state index contributed by atoms with van der Waals surface area (Å²) in [6, 6.07) is 17.5. The fraction of sp³-hybridized carbons (Fsp3) is 0.0952. The predicted molar refractivity (Wildman–Crippen MR) is 110 cm³/mol. The molecule has 0 bridgehead atoms. The highest BCUT2D eigenvalue weighted by atomic mass is 32.2. The zero-order chi connectivity index (χ0) is 20.2. The molecule has 4 aromatic rings. The van der Waals surface area contributed by atoms with E-state index in [2.05, 4.69) is 15.5 Å². The number of nitrogens with zero attached hydrogens (tertiary/aromatic N) is 3. The van der Waals surface area contributed by atoms with Crippen LogP contribution in [0.1, 0.15) is 5.56 Å². The molecule has 0 unspecified atom stereocenters. The Morgan fingerprint density at radius 2 is 1.90 bits per heavy atom. The van der Waals surface area contributed by atoms with E-state index in [1.807, 2.05) is 35.8 Å². The normalized spacial score (nSPS) is 10.8. The van der Waals surface area contributed by atoms with Gasteiger partial charge in [0.05, 0.1) is 17.7 Å². The molecule has 2 aromatic heterocycles. The predicted octanol–water partition coefficient (Wildman–Crippen LogP) is 4.71. The topological polar surface area (TPSA) is 73.0 Å². The maximum absolute atomic E-state index is 13.7. The summed E-state index contributed by atoms with van der Waals surface area (Å²) in [7, 11) is 0. The van der Waals surface area contributed by atoms with Crippen LogP contribution in [0.2, 0.25) is 0 Å². The first-order valence-corrected chi connectivity index (χ1v) is 9.84. The second-order valence-corrected chi connectivity index (χ2v) is 7.21. The lowest BCUT2D eigenvalue weighted by molar-refractivity contribution is -0.113. The Bertz CT molecular complexity index is 1120. The number of aryl methyl sites for hydroxylation is 1. The van der Waals surface area contributed by atoms with E-state index in [1.165, 1.54) is 23.9 Å². The number of anilines is 1. The third-order valence-electron chi connectivity index (χ3n) is 4.15. The van der Waals surface area contributed by atoms with Crippen molar-refractivity contribution >= 4 is 23.4 Å². The summed E-state index contributed by atoms with van der Waals surface area (Å²) < 4.78 is 21.0. The first kappa shape index (κ1) is 18.9. The number of thioether (sulfide) groups is 1. The summed E-state index contributed by atoms with van der Waals surface area (Å²) in [6.07, 6.45) is 1.57. The van der Waals surface area contributed by atoms with E-state index in [1.54, 1.807) is 30.5 Å². The number of halogens is 1. The van der Waals surface area contributed by atoms with Gasteiger partial charge < -0.3 is 9.73 Å². The summed E-state index contributed by atoms with van der Waals surface area (Å²) in [5.74, 6) is 0.347. The van der Waals surface area contributed by atoms with Gasteiger partial charge in [-0.15, -0.1) is 10.2 Å². The minimum atomic E-state index is -0.478. The van der Waals surface area contributed by atoms with Crippen molar-refractivity contribution < 1.29 is 13.6 Å². The lowest BCUT2D eigenvalue weighted by Crippen LogP contribution is -2.15. The second kappa shape index (κ2) is 8.32. The van der Waals surface area contributed by atoms with E-state index < -0.39 is 5.82 Å². The highest BCUT2D eigenvalue weighted by molar-refractivity contribution is 7.99. The lowest BCUT2D eigenvalue weighted by Gasteiger charge is -2.10. The smallest absolute Gasteiger partial charge is 0.234 e. The number of aromatic nitrogens is 3. The molecule has 4 rings (SSSR count). The summed E-state index contributed by atoms with van der Waals surface area (Å²) in [5.41, 5.74) is 2.12. The Kier molecular flexibility index (Phi) is 5.44. The summed E-state index contributed by atoms with van der Waals surface area (Å²) in [5, 5.41) is 11.6. The van der Waals surface area contributed by atoms with Crippen LogP contribution in [0.5, 0.6) is 0 Å². The van der Waals surface area contributed by atoms with Gasteiger partial charge in [-0.1, -0.05) is 41.6 Å². The molecule has 0 saturated carbocycles. The van der Waals surface area contributed by atoms with Crippen molar-refractivity contribution in [2.75, 3.05) is 11.1 Å². The van der Waals surface area contributed by atoms with Crippen LogP contribution in [0.4, 0.5) is 10.1 Å². The molecule has 2 aromatic carbocycles. The van der Waals surface area contributed by atoms with Gasteiger partial charge in [0.15, 0.2) is 10.9 Å². The van der Waals surface area contributed by atoms with Crippen molar-refractivity contribution in [3.63, 3.8) is 0 Å². The first-order valence-electron chi connectivity index (χ1n) is 8.85. The highest BCUT2D eigenvalue weighted by Gasteiger charge is 2.19. The molecule has 0 aliphatic carbocycles. The zero-order valence-corrected chi connectivity index (χ0v) is 16.3. The average Bonchev–Trinajstić information content (AvgIpc) is 3.38. The minimum Gasteiger partial charge on any atom is -0.461 e. The van der Waals surface area contributed by atoms with Crippen LogP contribution in [-0.4, -0.2) is 26.4 Å². The van der Waals surface area contributed by atoms with E-state index in [-0.39, 0.29) is 17.3 Å². The summed E-state index contributed by atoms with van der Waals surface area (Å²) >= 11 is 1.21. The number of carbonyl (C=O) groups is 1. The van der Waals surface area contributed by atoms with E-state index in [0.717, 1.165) is 11.3 Å². The molecule has 2 heterocycles. The molecule has 0 atom stereocenters. The number of para-hydroxylation sites is 1. The van der Waals surface area contributed by atoms with Crippen LogP contribution >= 0.6 is 11.8 Å². The second-order valence-electron chi connectivity index (χ2n) is 6.27. The Morgan fingerprint density at radius 3 is 2.62 bits per heavy atom. The number of amides is 1. The van der Waals surface area contributed by atoms with Crippen molar-refractivity contribution in [2.45, 2.75) is 12.1 Å². The molecule has 0 aliphatic heterocycles. The summed E-state index contributed by atoms with van der Waals surface area (Å²) in [6.45, 7) is 2.01. The van der Waals surface area contributed by atoms with Gasteiger partial charge >= 0.3 is 0 Å².